The largest absolute Gasteiger partial charge is 0.496 e. The molecule has 0 saturated heterocycles. The molecule has 1 N–H and O–H groups in total. The molecule has 27 heavy (non-hydrogen) atoms. The highest BCUT2D eigenvalue weighted by atomic mass is 16.5. The van der Waals surface area contributed by atoms with Gasteiger partial charge in [-0.15, -0.1) is 0 Å². The van der Waals surface area contributed by atoms with Crippen LogP contribution >= 0.6 is 0 Å². The van der Waals surface area contributed by atoms with Gasteiger partial charge in [-0.05, 0) is 18.2 Å². The van der Waals surface area contributed by atoms with Crippen LogP contribution in [0.15, 0.2) is 35.4 Å². The SMILES string of the molecule is COc1cc(OC)c(C=NNC(=O)c2ccc(OC)c(OC)c2)c(OC)c1. The van der Waals surface area contributed by atoms with E-state index in [0.717, 1.165) is 0 Å². The number of hydrazone groups is 1. The monoisotopic (exact) mass is 374 g/mol. The first-order valence-electron chi connectivity index (χ1n) is 7.93. The Kier molecular flexibility index (Phi) is 6.87. The van der Waals surface area contributed by atoms with Crippen LogP contribution in [0.4, 0.5) is 0 Å². The molecule has 0 aromatic heterocycles. The van der Waals surface area contributed by atoms with E-state index in [-0.39, 0.29) is 0 Å². The lowest BCUT2D eigenvalue weighted by Gasteiger charge is -2.12. The van der Waals surface area contributed by atoms with Gasteiger partial charge in [0.05, 0.1) is 47.3 Å². The third-order valence-electron chi connectivity index (χ3n) is 3.76. The van der Waals surface area contributed by atoms with Crippen molar-refractivity contribution in [2.24, 2.45) is 5.10 Å². The molecule has 2 rings (SSSR count). The molecule has 0 saturated carbocycles. The molecular formula is C19H22N2O6. The quantitative estimate of drug-likeness (QED) is 0.564. The van der Waals surface area contributed by atoms with Crippen molar-refractivity contribution >= 4 is 12.1 Å². The summed E-state index contributed by atoms with van der Waals surface area (Å²) >= 11 is 0. The van der Waals surface area contributed by atoms with Gasteiger partial charge in [0.1, 0.15) is 17.2 Å². The summed E-state index contributed by atoms with van der Waals surface area (Å²) in [4.78, 5) is 12.3. The van der Waals surface area contributed by atoms with Crippen LogP contribution in [0, 0.1) is 0 Å². The molecule has 0 aliphatic rings. The van der Waals surface area contributed by atoms with Gasteiger partial charge in [-0.25, -0.2) is 5.43 Å². The number of nitrogens with one attached hydrogen (secondary N) is 1. The summed E-state index contributed by atoms with van der Waals surface area (Å²) < 4.78 is 26.2. The zero-order valence-corrected chi connectivity index (χ0v) is 15.9. The Bertz CT molecular complexity index is 810. The first-order chi connectivity index (χ1) is 13.1. The normalized spacial score (nSPS) is 10.4. The molecular weight excluding hydrogens is 352 g/mol. The number of rotatable bonds is 8. The summed E-state index contributed by atoms with van der Waals surface area (Å²) in [6, 6.07) is 8.21. The van der Waals surface area contributed by atoms with Crippen LogP contribution in [0.1, 0.15) is 15.9 Å². The highest BCUT2D eigenvalue weighted by Crippen LogP contribution is 2.32. The molecule has 0 radical (unpaired) electrons. The maximum Gasteiger partial charge on any atom is 0.271 e. The van der Waals surface area contributed by atoms with Crippen LogP contribution in [-0.2, 0) is 0 Å². The van der Waals surface area contributed by atoms with E-state index in [0.29, 0.717) is 39.9 Å². The number of benzene rings is 2. The maximum absolute atomic E-state index is 12.3. The minimum atomic E-state index is -0.404. The van der Waals surface area contributed by atoms with Crippen molar-refractivity contribution in [3.8, 4) is 28.7 Å². The van der Waals surface area contributed by atoms with Crippen molar-refractivity contribution in [3.63, 3.8) is 0 Å². The van der Waals surface area contributed by atoms with Crippen molar-refractivity contribution < 1.29 is 28.5 Å². The Labute approximate surface area is 157 Å². The molecule has 0 aliphatic heterocycles. The zero-order chi connectivity index (χ0) is 19.8. The summed E-state index contributed by atoms with van der Waals surface area (Å²) in [6.45, 7) is 0. The molecule has 1 amide bonds. The molecule has 0 aliphatic carbocycles. The summed E-state index contributed by atoms with van der Waals surface area (Å²) in [5.74, 6) is 2.15. The Morgan fingerprint density at radius 3 is 1.93 bits per heavy atom. The molecule has 8 nitrogen and oxygen atoms in total. The topological polar surface area (TPSA) is 87.6 Å². The van der Waals surface area contributed by atoms with Crippen molar-refractivity contribution in [3.05, 3.63) is 41.5 Å². The van der Waals surface area contributed by atoms with Crippen LogP contribution in [0.5, 0.6) is 28.7 Å². The number of carbonyl (C=O) groups is 1. The summed E-state index contributed by atoms with van der Waals surface area (Å²) in [6.07, 6.45) is 1.44. The fourth-order valence-corrected chi connectivity index (χ4v) is 2.36. The van der Waals surface area contributed by atoms with Crippen molar-refractivity contribution in [2.75, 3.05) is 35.5 Å². The number of nitrogens with zero attached hydrogens (tertiary/aromatic N) is 1. The summed E-state index contributed by atoms with van der Waals surface area (Å²) in [7, 11) is 7.62. The molecule has 0 bridgehead atoms. The number of hydrogen-bond donors (Lipinski definition) is 1. The second-order valence-corrected chi connectivity index (χ2v) is 5.21. The molecule has 2 aromatic rings. The molecule has 0 fully saturated rings. The van der Waals surface area contributed by atoms with Crippen molar-refractivity contribution in [2.45, 2.75) is 0 Å². The van der Waals surface area contributed by atoms with Gasteiger partial charge in [0.15, 0.2) is 11.5 Å². The highest BCUT2D eigenvalue weighted by molar-refractivity contribution is 5.96. The average Bonchev–Trinajstić information content (AvgIpc) is 2.72. The predicted octanol–water partition coefficient (Wildman–Crippen LogP) is 2.49. The minimum Gasteiger partial charge on any atom is -0.496 e. The maximum atomic E-state index is 12.3. The minimum absolute atomic E-state index is 0.374. The van der Waals surface area contributed by atoms with Crippen LogP contribution < -0.4 is 29.1 Å². The fourth-order valence-electron chi connectivity index (χ4n) is 2.36. The van der Waals surface area contributed by atoms with E-state index in [9.17, 15) is 4.79 Å². The number of hydrogen-bond acceptors (Lipinski definition) is 7. The summed E-state index contributed by atoms with van der Waals surface area (Å²) in [5.41, 5.74) is 3.40. The van der Waals surface area contributed by atoms with Gasteiger partial charge in [0.25, 0.3) is 5.91 Å². The smallest absolute Gasteiger partial charge is 0.271 e. The van der Waals surface area contributed by atoms with Gasteiger partial charge < -0.3 is 23.7 Å². The van der Waals surface area contributed by atoms with Crippen LogP contribution in [0.25, 0.3) is 0 Å². The molecule has 0 spiro atoms. The van der Waals surface area contributed by atoms with E-state index >= 15 is 0 Å². The van der Waals surface area contributed by atoms with Crippen molar-refractivity contribution in [1.82, 2.24) is 5.43 Å². The Balaban J connectivity index is 2.21. The Morgan fingerprint density at radius 2 is 1.41 bits per heavy atom. The van der Waals surface area contributed by atoms with E-state index in [4.69, 9.17) is 23.7 Å². The van der Waals surface area contributed by atoms with Gasteiger partial charge in [-0.2, -0.15) is 5.10 Å². The summed E-state index contributed by atoms with van der Waals surface area (Å²) in [5, 5.41) is 3.99. The fraction of sp³-hybridized carbons (Fsp3) is 0.263. The van der Waals surface area contributed by atoms with Gasteiger partial charge in [0, 0.05) is 17.7 Å². The third-order valence-corrected chi connectivity index (χ3v) is 3.76. The van der Waals surface area contributed by atoms with E-state index in [1.807, 2.05) is 0 Å². The van der Waals surface area contributed by atoms with Gasteiger partial charge in [0.2, 0.25) is 0 Å². The van der Waals surface area contributed by atoms with Crippen LogP contribution in [0.3, 0.4) is 0 Å². The van der Waals surface area contributed by atoms with Gasteiger partial charge >= 0.3 is 0 Å². The van der Waals surface area contributed by atoms with E-state index in [2.05, 4.69) is 10.5 Å². The number of amides is 1. The lowest BCUT2D eigenvalue weighted by Crippen LogP contribution is -2.17. The van der Waals surface area contributed by atoms with E-state index in [1.54, 1.807) is 37.4 Å². The molecule has 0 heterocycles. The number of ether oxygens (including phenoxy) is 5. The predicted molar refractivity (Wildman–Crippen MR) is 101 cm³/mol. The molecule has 144 valence electrons. The third kappa shape index (κ3) is 4.60. The van der Waals surface area contributed by atoms with Crippen LogP contribution in [0.2, 0.25) is 0 Å². The lowest BCUT2D eigenvalue weighted by atomic mass is 10.2. The highest BCUT2D eigenvalue weighted by Gasteiger charge is 2.13. The number of carbonyl (C=O) groups excluding carboxylic acids is 1. The van der Waals surface area contributed by atoms with E-state index in [1.165, 1.54) is 34.7 Å². The van der Waals surface area contributed by atoms with E-state index < -0.39 is 5.91 Å². The second kappa shape index (κ2) is 9.33. The Morgan fingerprint density at radius 1 is 0.815 bits per heavy atom. The van der Waals surface area contributed by atoms with Crippen molar-refractivity contribution in [1.29, 1.82) is 0 Å². The molecule has 8 heteroatoms. The average molecular weight is 374 g/mol. The van der Waals surface area contributed by atoms with Gasteiger partial charge in [-0.1, -0.05) is 0 Å². The van der Waals surface area contributed by atoms with Gasteiger partial charge in [-0.3, -0.25) is 4.79 Å². The lowest BCUT2D eigenvalue weighted by molar-refractivity contribution is 0.0954. The first-order valence-corrected chi connectivity index (χ1v) is 7.93. The Hall–Kier alpha value is -3.42. The standard InChI is InChI=1S/C19H22N2O6/c1-23-13-9-16(25-3)14(17(10-13)26-4)11-20-21-19(22)12-6-7-15(24-2)18(8-12)27-5/h6-11H,1-5H3,(H,21,22). The first kappa shape index (κ1) is 19.9. The number of methoxy groups -OCH3 is 5. The molecule has 0 atom stereocenters. The van der Waals surface area contributed by atoms with Crippen LogP contribution in [-0.4, -0.2) is 47.7 Å². The molecule has 2 aromatic carbocycles. The second-order valence-electron chi connectivity index (χ2n) is 5.21. The zero-order valence-electron chi connectivity index (χ0n) is 15.9. The molecule has 0 unspecified atom stereocenters.